The molecule has 3 rings (SSSR count). The maximum Gasteiger partial charge on any atom is 0.142 e. The lowest BCUT2D eigenvalue weighted by molar-refractivity contribution is 0.473. The molecular formula is C14H11ClN2O. The van der Waals surface area contributed by atoms with Gasteiger partial charge in [-0.15, -0.1) is 0 Å². The van der Waals surface area contributed by atoms with Gasteiger partial charge in [0.15, 0.2) is 0 Å². The van der Waals surface area contributed by atoms with Gasteiger partial charge in [0.1, 0.15) is 17.1 Å². The number of phenolic OH excluding ortho intramolecular Hbond substituents is 1. The summed E-state index contributed by atoms with van der Waals surface area (Å²) in [6.07, 6.45) is 0. The quantitative estimate of drug-likeness (QED) is 0.695. The second-order valence-corrected chi connectivity index (χ2v) is 4.60. The molecule has 0 saturated heterocycles. The standard InChI is InChI=1S/C14H11ClN2O/c1-8-4-2-5-9(13(8)18)14-16-11-7-3-6-10(15)12(11)17-14/h2-7,18H,1H3,(H,16,17). The highest BCUT2D eigenvalue weighted by molar-refractivity contribution is 6.35. The molecule has 0 amide bonds. The molecule has 0 aliphatic rings. The number of para-hydroxylation sites is 2. The molecule has 0 unspecified atom stereocenters. The van der Waals surface area contributed by atoms with Crippen molar-refractivity contribution in [2.75, 3.05) is 0 Å². The Morgan fingerprint density at radius 2 is 1.94 bits per heavy atom. The van der Waals surface area contributed by atoms with Crippen LogP contribution in [0.25, 0.3) is 22.4 Å². The van der Waals surface area contributed by atoms with Gasteiger partial charge < -0.3 is 10.1 Å². The first kappa shape index (κ1) is 11.1. The SMILES string of the molecule is Cc1cccc(-c2nc3c(Cl)cccc3[nH]2)c1O. The van der Waals surface area contributed by atoms with Gasteiger partial charge in [0.05, 0.1) is 16.1 Å². The number of aromatic hydroxyl groups is 1. The summed E-state index contributed by atoms with van der Waals surface area (Å²) >= 11 is 6.08. The number of benzene rings is 2. The molecule has 1 aromatic heterocycles. The molecule has 0 atom stereocenters. The Bertz CT molecular complexity index is 734. The molecule has 90 valence electrons. The van der Waals surface area contributed by atoms with Crippen LogP contribution in [0.15, 0.2) is 36.4 Å². The molecule has 0 aliphatic heterocycles. The molecule has 0 aliphatic carbocycles. The summed E-state index contributed by atoms with van der Waals surface area (Å²) in [6, 6.07) is 11.1. The van der Waals surface area contributed by atoms with E-state index in [-0.39, 0.29) is 5.75 Å². The average Bonchev–Trinajstić information content (AvgIpc) is 2.78. The first-order chi connectivity index (χ1) is 8.66. The summed E-state index contributed by atoms with van der Waals surface area (Å²) < 4.78 is 0. The fraction of sp³-hybridized carbons (Fsp3) is 0.0714. The average molecular weight is 259 g/mol. The van der Waals surface area contributed by atoms with Crippen molar-refractivity contribution in [3.63, 3.8) is 0 Å². The van der Waals surface area contributed by atoms with Crippen molar-refractivity contribution in [1.29, 1.82) is 0 Å². The predicted octanol–water partition coefficient (Wildman–Crippen LogP) is 3.90. The summed E-state index contributed by atoms with van der Waals surface area (Å²) in [4.78, 5) is 7.60. The number of imidazole rings is 1. The monoisotopic (exact) mass is 258 g/mol. The van der Waals surface area contributed by atoms with Gasteiger partial charge >= 0.3 is 0 Å². The molecule has 0 saturated carbocycles. The third-order valence-corrected chi connectivity index (χ3v) is 3.26. The Labute approximate surface area is 109 Å². The molecule has 1 heterocycles. The zero-order valence-corrected chi connectivity index (χ0v) is 10.5. The summed E-state index contributed by atoms with van der Waals surface area (Å²) in [6.45, 7) is 1.86. The van der Waals surface area contributed by atoms with Crippen LogP contribution in [0.3, 0.4) is 0 Å². The van der Waals surface area contributed by atoms with Crippen molar-refractivity contribution in [3.8, 4) is 17.1 Å². The van der Waals surface area contributed by atoms with Crippen molar-refractivity contribution in [2.24, 2.45) is 0 Å². The van der Waals surface area contributed by atoms with Gasteiger partial charge in [-0.2, -0.15) is 0 Å². The molecular weight excluding hydrogens is 248 g/mol. The maximum atomic E-state index is 10.1. The Kier molecular flexibility index (Phi) is 2.49. The molecule has 2 aromatic carbocycles. The first-order valence-corrected chi connectivity index (χ1v) is 5.98. The van der Waals surface area contributed by atoms with E-state index in [1.807, 2.05) is 37.3 Å². The van der Waals surface area contributed by atoms with E-state index in [0.29, 0.717) is 16.4 Å². The van der Waals surface area contributed by atoms with Crippen molar-refractivity contribution in [3.05, 3.63) is 47.0 Å². The number of aryl methyl sites for hydroxylation is 1. The fourth-order valence-electron chi connectivity index (χ4n) is 1.97. The van der Waals surface area contributed by atoms with E-state index in [2.05, 4.69) is 9.97 Å². The number of rotatable bonds is 1. The van der Waals surface area contributed by atoms with Gasteiger partial charge in [-0.3, -0.25) is 0 Å². The lowest BCUT2D eigenvalue weighted by Gasteiger charge is -2.03. The largest absolute Gasteiger partial charge is 0.507 e. The Morgan fingerprint density at radius 1 is 1.17 bits per heavy atom. The number of aromatic nitrogens is 2. The number of H-pyrrole nitrogens is 1. The van der Waals surface area contributed by atoms with Crippen LogP contribution in [0, 0.1) is 6.92 Å². The van der Waals surface area contributed by atoms with Gasteiger partial charge in [-0.1, -0.05) is 29.8 Å². The number of nitrogens with one attached hydrogen (secondary N) is 1. The Morgan fingerprint density at radius 3 is 2.72 bits per heavy atom. The summed E-state index contributed by atoms with van der Waals surface area (Å²) in [5, 5.41) is 10.7. The molecule has 4 heteroatoms. The number of phenols is 1. The highest BCUT2D eigenvalue weighted by Gasteiger charge is 2.12. The van der Waals surface area contributed by atoms with E-state index in [9.17, 15) is 5.11 Å². The minimum absolute atomic E-state index is 0.243. The number of halogens is 1. The molecule has 18 heavy (non-hydrogen) atoms. The fourth-order valence-corrected chi connectivity index (χ4v) is 2.19. The minimum Gasteiger partial charge on any atom is -0.507 e. The van der Waals surface area contributed by atoms with Crippen LogP contribution in [0.5, 0.6) is 5.75 Å². The van der Waals surface area contributed by atoms with E-state index in [0.717, 1.165) is 16.6 Å². The molecule has 0 spiro atoms. The summed E-state index contributed by atoms with van der Waals surface area (Å²) in [7, 11) is 0. The van der Waals surface area contributed by atoms with E-state index in [4.69, 9.17) is 11.6 Å². The lowest BCUT2D eigenvalue weighted by atomic mass is 10.1. The van der Waals surface area contributed by atoms with E-state index in [1.165, 1.54) is 0 Å². The lowest BCUT2D eigenvalue weighted by Crippen LogP contribution is -1.83. The van der Waals surface area contributed by atoms with E-state index >= 15 is 0 Å². The molecule has 0 bridgehead atoms. The highest BCUT2D eigenvalue weighted by Crippen LogP contribution is 2.32. The van der Waals surface area contributed by atoms with Gasteiger partial charge in [0.2, 0.25) is 0 Å². The Hall–Kier alpha value is -2.00. The number of hydrogen-bond acceptors (Lipinski definition) is 2. The van der Waals surface area contributed by atoms with E-state index < -0.39 is 0 Å². The van der Waals surface area contributed by atoms with Crippen LogP contribution < -0.4 is 0 Å². The van der Waals surface area contributed by atoms with Crippen LogP contribution in [-0.2, 0) is 0 Å². The zero-order chi connectivity index (χ0) is 12.7. The smallest absolute Gasteiger partial charge is 0.142 e. The van der Waals surface area contributed by atoms with Crippen LogP contribution in [0.4, 0.5) is 0 Å². The molecule has 2 N–H and O–H groups in total. The van der Waals surface area contributed by atoms with Crippen molar-refractivity contribution < 1.29 is 5.11 Å². The molecule has 3 aromatic rings. The van der Waals surface area contributed by atoms with Gasteiger partial charge in [-0.05, 0) is 30.7 Å². The third-order valence-electron chi connectivity index (χ3n) is 2.96. The van der Waals surface area contributed by atoms with Crippen molar-refractivity contribution in [2.45, 2.75) is 6.92 Å². The topological polar surface area (TPSA) is 48.9 Å². The van der Waals surface area contributed by atoms with Crippen LogP contribution >= 0.6 is 11.6 Å². The third kappa shape index (κ3) is 1.64. The van der Waals surface area contributed by atoms with Crippen LogP contribution in [0.2, 0.25) is 5.02 Å². The predicted molar refractivity (Wildman–Crippen MR) is 72.9 cm³/mol. The number of nitrogens with zero attached hydrogens (tertiary/aromatic N) is 1. The second-order valence-electron chi connectivity index (χ2n) is 4.19. The maximum absolute atomic E-state index is 10.1. The van der Waals surface area contributed by atoms with Crippen LogP contribution in [0.1, 0.15) is 5.56 Å². The first-order valence-electron chi connectivity index (χ1n) is 5.60. The van der Waals surface area contributed by atoms with Crippen molar-refractivity contribution in [1.82, 2.24) is 9.97 Å². The second kappa shape index (κ2) is 4.03. The highest BCUT2D eigenvalue weighted by atomic mass is 35.5. The number of aromatic amines is 1. The zero-order valence-electron chi connectivity index (χ0n) is 9.74. The summed E-state index contributed by atoms with van der Waals surface area (Å²) in [5.41, 5.74) is 3.08. The minimum atomic E-state index is 0.243. The molecule has 0 radical (unpaired) electrons. The summed E-state index contributed by atoms with van der Waals surface area (Å²) in [5.74, 6) is 0.868. The number of fused-ring (bicyclic) bond motifs is 1. The normalized spacial score (nSPS) is 11.0. The molecule has 3 nitrogen and oxygen atoms in total. The Balaban J connectivity index is 2.26. The van der Waals surface area contributed by atoms with E-state index in [1.54, 1.807) is 6.07 Å². The van der Waals surface area contributed by atoms with Crippen LogP contribution in [-0.4, -0.2) is 15.1 Å². The van der Waals surface area contributed by atoms with Crippen molar-refractivity contribution >= 4 is 22.6 Å². The van der Waals surface area contributed by atoms with Gasteiger partial charge in [-0.25, -0.2) is 4.98 Å². The van der Waals surface area contributed by atoms with Gasteiger partial charge in [0.25, 0.3) is 0 Å². The molecule has 0 fully saturated rings. The van der Waals surface area contributed by atoms with Gasteiger partial charge in [0, 0.05) is 0 Å². The number of hydrogen-bond donors (Lipinski definition) is 2.